The number of nitrogens with zero attached hydrogens (tertiary/aromatic N) is 3. The fraction of sp³-hybridized carbons (Fsp3) is 0.435. The van der Waals surface area contributed by atoms with Gasteiger partial charge in [0.25, 0.3) is 5.56 Å². The summed E-state index contributed by atoms with van der Waals surface area (Å²) in [5, 5.41) is 2.90. The molecular weight excluding hydrogens is 442 g/mol. The molecule has 0 aliphatic carbocycles. The first-order chi connectivity index (χ1) is 15.2. The number of aryl methyl sites for hydroxylation is 2. The summed E-state index contributed by atoms with van der Waals surface area (Å²) in [5.41, 5.74) is 6.91. The number of ether oxygens (including phenoxy) is 1. The van der Waals surface area contributed by atoms with Crippen LogP contribution in [-0.4, -0.2) is 39.1 Å². The van der Waals surface area contributed by atoms with E-state index in [0.717, 1.165) is 0 Å². The van der Waals surface area contributed by atoms with Gasteiger partial charge in [0.15, 0.2) is 5.82 Å². The van der Waals surface area contributed by atoms with Crippen molar-refractivity contribution in [3.63, 3.8) is 0 Å². The first-order valence-electron chi connectivity index (χ1n) is 10.4. The second kappa shape index (κ2) is 10.2. The Labute approximate surface area is 197 Å². The lowest BCUT2D eigenvalue weighted by atomic mass is 10.1. The van der Waals surface area contributed by atoms with Crippen molar-refractivity contribution >= 4 is 41.9 Å². The van der Waals surface area contributed by atoms with Gasteiger partial charge in [-0.15, -0.1) is 11.8 Å². The van der Waals surface area contributed by atoms with E-state index in [1.165, 1.54) is 16.3 Å². The molecule has 178 valence electrons. The predicted octanol–water partition coefficient (Wildman–Crippen LogP) is 4.05. The van der Waals surface area contributed by atoms with E-state index < -0.39 is 23.2 Å². The molecule has 0 unspecified atom stereocenters. The number of pyridine rings is 2. The van der Waals surface area contributed by atoms with Crippen molar-refractivity contribution in [1.29, 1.82) is 0 Å². The minimum absolute atomic E-state index is 0.0500. The maximum absolute atomic E-state index is 13.2. The number of anilines is 2. The Morgan fingerprint density at radius 2 is 1.94 bits per heavy atom. The molecule has 2 aromatic heterocycles. The van der Waals surface area contributed by atoms with Crippen molar-refractivity contribution in [3.05, 3.63) is 39.4 Å². The van der Waals surface area contributed by atoms with Crippen molar-refractivity contribution in [2.45, 2.75) is 70.6 Å². The topological polar surface area (TPSA) is 129 Å². The fourth-order valence-corrected chi connectivity index (χ4v) is 4.00. The van der Waals surface area contributed by atoms with Gasteiger partial charge in [0, 0.05) is 21.5 Å². The highest BCUT2D eigenvalue weighted by Gasteiger charge is 2.22. The van der Waals surface area contributed by atoms with Gasteiger partial charge in [-0.1, -0.05) is 13.8 Å². The quantitative estimate of drug-likeness (QED) is 0.478. The van der Waals surface area contributed by atoms with Gasteiger partial charge in [0.05, 0.1) is 12.1 Å². The van der Waals surface area contributed by atoms with Gasteiger partial charge in [-0.3, -0.25) is 19.5 Å². The lowest BCUT2D eigenvalue weighted by Crippen LogP contribution is -2.30. The number of carbonyl (C=O) groups is 2. The number of hydrogen-bond donors (Lipinski definition) is 2. The van der Waals surface area contributed by atoms with Crippen LogP contribution in [-0.2, 0) is 16.0 Å². The number of rotatable bonds is 6. The number of nitrogens with two attached hydrogens (primary N) is 1. The van der Waals surface area contributed by atoms with Crippen LogP contribution in [0.5, 0.6) is 0 Å². The van der Waals surface area contributed by atoms with E-state index in [9.17, 15) is 14.4 Å². The lowest BCUT2D eigenvalue weighted by molar-refractivity contribution is -0.117. The lowest BCUT2D eigenvalue weighted by Gasteiger charge is -2.22. The van der Waals surface area contributed by atoms with Gasteiger partial charge < -0.3 is 10.5 Å². The highest BCUT2D eigenvalue weighted by atomic mass is 32.2. The highest BCUT2D eigenvalue weighted by molar-refractivity contribution is 8.00. The van der Waals surface area contributed by atoms with Crippen molar-refractivity contribution in [2.24, 2.45) is 4.99 Å². The summed E-state index contributed by atoms with van der Waals surface area (Å²) in [4.78, 5) is 46.3. The molecule has 0 atom stereocenters. The molecule has 2 amide bonds. The molecule has 2 heterocycles. The Bertz CT molecular complexity index is 1150. The minimum atomic E-state index is -0.735. The second-order valence-electron chi connectivity index (χ2n) is 8.83. The van der Waals surface area contributed by atoms with Gasteiger partial charge in [-0.25, -0.2) is 14.8 Å². The number of aromatic nitrogens is 2. The van der Waals surface area contributed by atoms with Gasteiger partial charge in [0.2, 0.25) is 5.91 Å². The van der Waals surface area contributed by atoms with E-state index in [0.29, 0.717) is 21.8 Å². The molecule has 3 N–H and O–H groups in total. The monoisotopic (exact) mass is 473 g/mol. The van der Waals surface area contributed by atoms with Gasteiger partial charge >= 0.3 is 6.09 Å². The first kappa shape index (κ1) is 26.1. The van der Waals surface area contributed by atoms with E-state index in [1.807, 2.05) is 19.9 Å². The fourth-order valence-electron chi connectivity index (χ4n) is 3.04. The molecule has 10 heteroatoms. The number of nitrogen functional groups attached to an aromatic ring is 1. The zero-order chi connectivity index (χ0) is 25.1. The van der Waals surface area contributed by atoms with Crippen LogP contribution >= 0.6 is 11.8 Å². The van der Waals surface area contributed by atoms with E-state index in [4.69, 9.17) is 10.5 Å². The molecule has 0 aliphatic heterocycles. The van der Waals surface area contributed by atoms with E-state index in [1.54, 1.807) is 40.7 Å². The molecule has 0 fully saturated rings. The van der Waals surface area contributed by atoms with E-state index in [-0.39, 0.29) is 28.9 Å². The summed E-state index contributed by atoms with van der Waals surface area (Å²) in [6.45, 7) is 16.0. The molecule has 2 aromatic rings. The molecule has 33 heavy (non-hydrogen) atoms. The summed E-state index contributed by atoms with van der Waals surface area (Å²) in [5.74, 6) is -0.264. The Morgan fingerprint density at radius 1 is 1.30 bits per heavy atom. The average molecular weight is 474 g/mol. The van der Waals surface area contributed by atoms with E-state index >= 15 is 0 Å². The molecule has 2 rings (SSSR count). The van der Waals surface area contributed by atoms with Crippen molar-refractivity contribution in [3.8, 4) is 5.82 Å². The third kappa shape index (κ3) is 6.67. The number of aliphatic imine (C=N–C) groups is 1. The predicted molar refractivity (Wildman–Crippen MR) is 133 cm³/mol. The van der Waals surface area contributed by atoms with Gasteiger partial charge in [-0.2, -0.15) is 0 Å². The van der Waals surface area contributed by atoms with Crippen LogP contribution < -0.4 is 16.6 Å². The number of amides is 2. The summed E-state index contributed by atoms with van der Waals surface area (Å²) >= 11 is 1.49. The number of nitrogens with one attached hydrogen (secondary N) is 1. The maximum Gasteiger partial charge on any atom is 0.412 e. The van der Waals surface area contributed by atoms with Crippen LogP contribution in [0.1, 0.15) is 51.6 Å². The number of hydrogen-bond acceptors (Lipinski definition) is 7. The molecule has 0 radical (unpaired) electrons. The zero-order valence-corrected chi connectivity index (χ0v) is 20.9. The zero-order valence-electron chi connectivity index (χ0n) is 20.1. The second-order valence-corrected chi connectivity index (χ2v) is 10.4. The average Bonchev–Trinajstić information content (AvgIpc) is 2.67. The third-order valence-electron chi connectivity index (χ3n) is 4.42. The number of thioether (sulfide) groups is 1. The van der Waals surface area contributed by atoms with Crippen LogP contribution in [0.4, 0.5) is 16.2 Å². The Kier molecular flexibility index (Phi) is 8.07. The van der Waals surface area contributed by atoms with Crippen LogP contribution in [0.3, 0.4) is 0 Å². The van der Waals surface area contributed by atoms with Crippen molar-refractivity contribution < 1.29 is 14.3 Å². The molecule has 9 nitrogen and oxygen atoms in total. The van der Waals surface area contributed by atoms with Crippen LogP contribution in [0.25, 0.3) is 5.82 Å². The van der Waals surface area contributed by atoms with Crippen LogP contribution in [0.15, 0.2) is 26.8 Å². The van der Waals surface area contributed by atoms with Gasteiger partial charge in [-0.05, 0) is 59.0 Å². The summed E-state index contributed by atoms with van der Waals surface area (Å²) < 4.78 is 6.71. The standard InChI is InChI=1S/C23H31N5O4S/c1-12(2)33-17-9-13(3)28(21(30)19(17)24)20-16(27-22(31)32-23(5,6)7)10-15(14(4)26-20)11-18(29)25-8/h9-10,12H,8,11,24H2,1-7H3,(H,27,31). The molecular formula is C23H31N5O4S. The minimum Gasteiger partial charge on any atom is -0.444 e. The molecule has 0 saturated heterocycles. The largest absolute Gasteiger partial charge is 0.444 e. The SMILES string of the molecule is C=NC(=O)Cc1cc(NC(=O)OC(C)(C)C)c(-n2c(C)cc(SC(C)C)c(N)c2=O)nc1C. The Balaban J connectivity index is 2.71. The smallest absolute Gasteiger partial charge is 0.412 e. The van der Waals surface area contributed by atoms with E-state index in [2.05, 4.69) is 22.0 Å². The molecule has 0 aliphatic rings. The first-order valence-corrected chi connectivity index (χ1v) is 11.3. The summed E-state index contributed by atoms with van der Waals surface area (Å²) in [6, 6.07) is 3.40. The third-order valence-corrected chi connectivity index (χ3v) is 5.48. The Hall–Kier alpha value is -3.14. The Morgan fingerprint density at radius 3 is 2.48 bits per heavy atom. The maximum atomic E-state index is 13.2. The van der Waals surface area contributed by atoms with Crippen molar-refractivity contribution in [1.82, 2.24) is 9.55 Å². The molecule has 0 bridgehead atoms. The molecule has 0 aromatic carbocycles. The van der Waals surface area contributed by atoms with Crippen LogP contribution in [0, 0.1) is 13.8 Å². The molecule has 0 saturated carbocycles. The molecule has 0 spiro atoms. The van der Waals surface area contributed by atoms with Crippen LogP contribution in [0.2, 0.25) is 0 Å². The number of carbonyl (C=O) groups excluding carboxylic acids is 2. The summed E-state index contributed by atoms with van der Waals surface area (Å²) in [6.07, 6.45) is -0.773. The van der Waals surface area contributed by atoms with Gasteiger partial charge in [0.1, 0.15) is 11.3 Å². The van der Waals surface area contributed by atoms with Crippen molar-refractivity contribution in [2.75, 3.05) is 11.1 Å². The normalized spacial score (nSPS) is 11.4. The summed E-state index contributed by atoms with van der Waals surface area (Å²) in [7, 11) is 0. The highest BCUT2D eigenvalue weighted by Crippen LogP contribution is 2.30.